The van der Waals surface area contributed by atoms with E-state index in [2.05, 4.69) is 12.1 Å². The van der Waals surface area contributed by atoms with E-state index in [9.17, 15) is 13.2 Å². The highest BCUT2D eigenvalue weighted by atomic mass is 35.5. The molecule has 0 spiro atoms. The smallest absolute Gasteiger partial charge is 0.446 e. The number of alkyl halides is 3. The molecule has 1 aliphatic heterocycles. The zero-order valence-corrected chi connectivity index (χ0v) is 18.3. The van der Waals surface area contributed by atoms with E-state index in [0.717, 1.165) is 30.5 Å². The number of nitrogens with two attached hydrogens (primary N) is 1. The van der Waals surface area contributed by atoms with Gasteiger partial charge in [0.05, 0.1) is 13.2 Å². The third kappa shape index (κ3) is 6.96. The lowest BCUT2D eigenvalue weighted by molar-refractivity contribution is -0.0328. The van der Waals surface area contributed by atoms with E-state index in [-0.39, 0.29) is 53.4 Å². The highest BCUT2D eigenvalue weighted by Gasteiger charge is 2.33. The van der Waals surface area contributed by atoms with Crippen molar-refractivity contribution in [1.29, 1.82) is 0 Å². The molecule has 1 saturated heterocycles. The first kappa shape index (κ1) is 25.9. The predicted molar refractivity (Wildman–Crippen MR) is 116 cm³/mol. The SMILES string of the molecule is COc1ccc(SC(F)(F)F)cc1C[C@H]1CCCN(N)[C@H]1c1ccccc1.Cl.Cl. The van der Waals surface area contributed by atoms with Gasteiger partial charge in [0.15, 0.2) is 0 Å². The molecule has 29 heavy (non-hydrogen) atoms. The first-order chi connectivity index (χ1) is 12.9. The monoisotopic (exact) mass is 468 g/mol. The maximum absolute atomic E-state index is 12.8. The van der Waals surface area contributed by atoms with Gasteiger partial charge < -0.3 is 4.74 Å². The van der Waals surface area contributed by atoms with E-state index in [1.807, 2.05) is 23.2 Å². The molecule has 3 nitrogen and oxygen atoms in total. The summed E-state index contributed by atoms with van der Waals surface area (Å²) >= 11 is -0.0968. The van der Waals surface area contributed by atoms with Gasteiger partial charge in [0.1, 0.15) is 5.75 Å². The molecule has 1 aliphatic rings. The summed E-state index contributed by atoms with van der Waals surface area (Å²) in [5.74, 6) is 7.10. The van der Waals surface area contributed by atoms with Crippen LogP contribution >= 0.6 is 36.6 Å². The Hall–Kier alpha value is -1.12. The number of hydrogen-bond donors (Lipinski definition) is 1. The number of nitrogens with zero attached hydrogens (tertiary/aromatic N) is 1. The molecule has 0 bridgehead atoms. The summed E-state index contributed by atoms with van der Waals surface area (Å²) in [5, 5.41) is 1.85. The van der Waals surface area contributed by atoms with E-state index in [0.29, 0.717) is 12.2 Å². The van der Waals surface area contributed by atoms with Crippen LogP contribution in [0.3, 0.4) is 0 Å². The summed E-state index contributed by atoms with van der Waals surface area (Å²) in [5.41, 5.74) is -2.39. The Bertz CT molecular complexity index is 765. The molecule has 0 aliphatic carbocycles. The van der Waals surface area contributed by atoms with Gasteiger partial charge in [-0.1, -0.05) is 30.3 Å². The molecular formula is C20H25Cl2F3N2OS. The largest absolute Gasteiger partial charge is 0.496 e. The van der Waals surface area contributed by atoms with Crippen LogP contribution in [-0.4, -0.2) is 24.2 Å². The number of methoxy groups -OCH3 is 1. The second-order valence-corrected chi connectivity index (χ2v) is 7.86. The van der Waals surface area contributed by atoms with Gasteiger partial charge >= 0.3 is 5.51 Å². The number of rotatable bonds is 5. The second-order valence-electron chi connectivity index (χ2n) is 6.72. The Balaban J connectivity index is 0.00000210. The van der Waals surface area contributed by atoms with Gasteiger partial charge in [0, 0.05) is 11.4 Å². The third-order valence-electron chi connectivity index (χ3n) is 4.90. The van der Waals surface area contributed by atoms with Crippen molar-refractivity contribution >= 4 is 36.6 Å². The highest BCUT2D eigenvalue weighted by molar-refractivity contribution is 8.00. The number of thioether (sulfide) groups is 1. The van der Waals surface area contributed by atoms with Crippen LogP contribution in [0.5, 0.6) is 5.75 Å². The molecule has 2 atom stereocenters. The number of hydrazine groups is 1. The average Bonchev–Trinajstić information content (AvgIpc) is 2.61. The summed E-state index contributed by atoms with van der Waals surface area (Å²) in [6, 6.07) is 14.7. The fourth-order valence-corrected chi connectivity index (χ4v) is 4.43. The minimum Gasteiger partial charge on any atom is -0.496 e. The Morgan fingerprint density at radius 1 is 1.14 bits per heavy atom. The fraction of sp³-hybridized carbons (Fsp3) is 0.400. The van der Waals surface area contributed by atoms with E-state index in [4.69, 9.17) is 10.6 Å². The first-order valence-electron chi connectivity index (χ1n) is 8.86. The van der Waals surface area contributed by atoms with Gasteiger partial charge in [-0.05, 0) is 66.3 Å². The molecule has 0 saturated carbocycles. The Kier molecular flexibility index (Phi) is 10.1. The molecule has 1 fully saturated rings. The lowest BCUT2D eigenvalue weighted by Gasteiger charge is -2.39. The van der Waals surface area contributed by atoms with Crippen molar-refractivity contribution < 1.29 is 17.9 Å². The van der Waals surface area contributed by atoms with Gasteiger partial charge in [0.25, 0.3) is 0 Å². The van der Waals surface area contributed by atoms with Crippen molar-refractivity contribution in [3.63, 3.8) is 0 Å². The average molecular weight is 469 g/mol. The van der Waals surface area contributed by atoms with Gasteiger partial charge in [-0.3, -0.25) is 5.84 Å². The molecule has 3 rings (SSSR count). The van der Waals surface area contributed by atoms with Crippen LogP contribution in [-0.2, 0) is 6.42 Å². The molecule has 2 N–H and O–H groups in total. The van der Waals surface area contributed by atoms with Crippen LogP contribution in [0.1, 0.15) is 30.0 Å². The number of hydrogen-bond acceptors (Lipinski definition) is 4. The summed E-state index contributed by atoms with van der Waals surface area (Å²) in [6.07, 6.45) is 2.54. The van der Waals surface area contributed by atoms with Gasteiger partial charge in [-0.2, -0.15) is 13.2 Å². The van der Waals surface area contributed by atoms with Crippen molar-refractivity contribution in [2.24, 2.45) is 11.8 Å². The Labute approximate surface area is 186 Å². The zero-order valence-electron chi connectivity index (χ0n) is 15.9. The molecule has 9 heteroatoms. The standard InChI is InChI=1S/C20H23F3N2OS.2ClH/c1-26-18-10-9-17(27-20(21,22)23)13-16(18)12-15-8-5-11-25(24)19(15)14-6-3-2-4-7-14;;/h2-4,6-7,9-10,13,15,19H,5,8,11-12,24H2,1H3;2*1H/t15-,19+;;/m1../s1. The molecule has 2 aromatic carbocycles. The normalized spacial score (nSPS) is 19.8. The molecule has 0 aromatic heterocycles. The summed E-state index contributed by atoms with van der Waals surface area (Å²) in [7, 11) is 1.54. The molecule has 2 aromatic rings. The minimum atomic E-state index is -4.31. The number of ether oxygens (including phenoxy) is 1. The maximum atomic E-state index is 12.8. The van der Waals surface area contributed by atoms with Crippen LogP contribution < -0.4 is 10.6 Å². The van der Waals surface area contributed by atoms with Crippen molar-refractivity contribution in [2.45, 2.75) is 35.7 Å². The maximum Gasteiger partial charge on any atom is 0.446 e. The van der Waals surface area contributed by atoms with Crippen LogP contribution in [0.25, 0.3) is 0 Å². The molecular weight excluding hydrogens is 444 g/mol. The van der Waals surface area contributed by atoms with Crippen molar-refractivity contribution in [1.82, 2.24) is 5.01 Å². The molecule has 1 heterocycles. The van der Waals surface area contributed by atoms with Crippen molar-refractivity contribution in [2.75, 3.05) is 13.7 Å². The summed E-state index contributed by atoms with van der Waals surface area (Å²) in [4.78, 5) is 0.176. The van der Waals surface area contributed by atoms with Crippen molar-refractivity contribution in [3.05, 3.63) is 59.7 Å². The van der Waals surface area contributed by atoms with Gasteiger partial charge in [-0.15, -0.1) is 24.8 Å². The quantitative estimate of drug-likeness (QED) is 0.429. The number of halogens is 5. The Morgan fingerprint density at radius 3 is 2.45 bits per heavy atom. The van der Waals surface area contributed by atoms with Crippen LogP contribution in [0.4, 0.5) is 13.2 Å². The topological polar surface area (TPSA) is 38.5 Å². The van der Waals surface area contributed by atoms with E-state index in [1.54, 1.807) is 19.2 Å². The summed E-state index contributed by atoms with van der Waals surface area (Å²) in [6.45, 7) is 0.803. The van der Waals surface area contributed by atoms with Crippen LogP contribution in [0.15, 0.2) is 53.4 Å². The van der Waals surface area contributed by atoms with Crippen LogP contribution in [0, 0.1) is 5.92 Å². The third-order valence-corrected chi connectivity index (χ3v) is 5.62. The van der Waals surface area contributed by atoms with Gasteiger partial charge in [0.2, 0.25) is 0 Å². The molecule has 162 valence electrons. The molecule has 0 amide bonds. The first-order valence-corrected chi connectivity index (χ1v) is 9.68. The minimum absolute atomic E-state index is 0. The Morgan fingerprint density at radius 2 is 1.83 bits per heavy atom. The molecule has 0 unspecified atom stereocenters. The lowest BCUT2D eigenvalue weighted by atomic mass is 9.81. The molecule has 0 radical (unpaired) electrons. The fourth-order valence-electron chi connectivity index (χ4n) is 3.83. The van der Waals surface area contributed by atoms with Gasteiger partial charge in [-0.25, -0.2) is 5.01 Å². The second kappa shape index (κ2) is 11.3. The van der Waals surface area contributed by atoms with Crippen molar-refractivity contribution in [3.8, 4) is 5.75 Å². The predicted octanol–water partition coefficient (Wildman–Crippen LogP) is 6.02. The number of piperidine rings is 1. The van der Waals surface area contributed by atoms with E-state index in [1.165, 1.54) is 6.07 Å². The highest BCUT2D eigenvalue weighted by Crippen LogP contribution is 2.41. The number of benzene rings is 2. The van der Waals surface area contributed by atoms with E-state index >= 15 is 0 Å². The lowest BCUT2D eigenvalue weighted by Crippen LogP contribution is -2.44. The van der Waals surface area contributed by atoms with E-state index < -0.39 is 5.51 Å². The van der Waals surface area contributed by atoms with Crippen LogP contribution in [0.2, 0.25) is 0 Å². The summed E-state index contributed by atoms with van der Waals surface area (Å²) < 4.78 is 43.7. The zero-order chi connectivity index (χ0) is 19.4.